The van der Waals surface area contributed by atoms with Gasteiger partial charge in [0.25, 0.3) is 0 Å². The summed E-state index contributed by atoms with van der Waals surface area (Å²) >= 11 is 3.43. The number of nitrogens with zero attached hydrogens (tertiary/aromatic N) is 1. The summed E-state index contributed by atoms with van der Waals surface area (Å²) < 4.78 is 1.13. The van der Waals surface area contributed by atoms with Crippen LogP contribution in [0.1, 0.15) is 12.5 Å². The summed E-state index contributed by atoms with van der Waals surface area (Å²) in [5.74, 6) is 0. The van der Waals surface area contributed by atoms with Crippen LogP contribution in [0.4, 0.5) is 0 Å². The molecule has 14 heavy (non-hydrogen) atoms. The third-order valence-electron chi connectivity index (χ3n) is 2.15. The number of benzene rings is 1. The van der Waals surface area contributed by atoms with E-state index >= 15 is 0 Å². The van der Waals surface area contributed by atoms with Gasteiger partial charge < -0.3 is 0 Å². The predicted molar refractivity (Wildman–Crippen MR) is 65.3 cm³/mol. The Hall–Kier alpha value is -0.600. The van der Waals surface area contributed by atoms with Crippen LogP contribution in [-0.4, -0.2) is 18.0 Å². The topological polar surface area (TPSA) is 3.24 Å². The molecule has 2 heteroatoms. The van der Waals surface area contributed by atoms with E-state index in [1.165, 1.54) is 5.56 Å². The molecule has 1 aromatic carbocycles. The monoisotopic (exact) mass is 253 g/mol. The lowest BCUT2D eigenvalue weighted by molar-refractivity contribution is 0.311. The van der Waals surface area contributed by atoms with Crippen LogP contribution in [0.3, 0.4) is 0 Å². The number of hydrogen-bond donors (Lipinski definition) is 0. The maximum atomic E-state index is 3.76. The van der Waals surface area contributed by atoms with Crippen LogP contribution in [0.15, 0.2) is 41.4 Å². The lowest BCUT2D eigenvalue weighted by atomic mass is 10.2. The summed E-state index contributed by atoms with van der Waals surface area (Å²) in [6.45, 7) is 8.93. The van der Waals surface area contributed by atoms with Crippen molar-refractivity contribution in [3.63, 3.8) is 0 Å². The molecular weight excluding hydrogens is 238 g/mol. The maximum Gasteiger partial charge on any atom is 0.0236 e. The molecule has 0 aliphatic carbocycles. The van der Waals surface area contributed by atoms with E-state index in [2.05, 4.69) is 58.6 Å². The third kappa shape index (κ3) is 3.64. The molecule has 0 atom stereocenters. The van der Waals surface area contributed by atoms with Crippen molar-refractivity contribution in [2.75, 3.05) is 13.1 Å². The molecule has 1 rings (SSSR count). The van der Waals surface area contributed by atoms with E-state index in [0.717, 1.165) is 24.1 Å². The van der Waals surface area contributed by atoms with Crippen LogP contribution < -0.4 is 0 Å². The summed E-state index contributed by atoms with van der Waals surface area (Å²) in [5.41, 5.74) is 1.34. The fraction of sp³-hybridized carbons (Fsp3) is 0.333. The zero-order valence-electron chi connectivity index (χ0n) is 8.54. The zero-order valence-corrected chi connectivity index (χ0v) is 10.1. The second-order valence-electron chi connectivity index (χ2n) is 3.24. The molecule has 0 aliphatic rings. The summed E-state index contributed by atoms with van der Waals surface area (Å²) in [7, 11) is 0. The molecule has 0 amide bonds. The van der Waals surface area contributed by atoms with E-state index in [9.17, 15) is 0 Å². The number of halogens is 1. The van der Waals surface area contributed by atoms with Gasteiger partial charge in [0, 0.05) is 17.6 Å². The molecule has 0 spiro atoms. The summed E-state index contributed by atoms with van der Waals surface area (Å²) in [5, 5.41) is 0. The van der Waals surface area contributed by atoms with Crippen LogP contribution in [0, 0.1) is 0 Å². The molecule has 1 nitrogen and oxygen atoms in total. The highest BCUT2D eigenvalue weighted by molar-refractivity contribution is 9.10. The normalized spacial score (nSPS) is 10.5. The van der Waals surface area contributed by atoms with Crippen molar-refractivity contribution in [1.82, 2.24) is 4.90 Å². The van der Waals surface area contributed by atoms with E-state index in [-0.39, 0.29) is 0 Å². The van der Waals surface area contributed by atoms with Crippen molar-refractivity contribution >= 4 is 15.9 Å². The summed E-state index contributed by atoms with van der Waals surface area (Å²) in [4.78, 5) is 2.34. The molecular formula is C12H16BrN. The van der Waals surface area contributed by atoms with Crippen molar-refractivity contribution in [2.24, 2.45) is 0 Å². The molecule has 0 aliphatic heterocycles. The third-order valence-corrected chi connectivity index (χ3v) is 2.68. The van der Waals surface area contributed by atoms with Gasteiger partial charge in [-0.2, -0.15) is 0 Å². The van der Waals surface area contributed by atoms with Crippen LogP contribution in [0.2, 0.25) is 0 Å². The van der Waals surface area contributed by atoms with Gasteiger partial charge in [0.2, 0.25) is 0 Å². The molecule has 1 aromatic rings. The molecule has 0 radical (unpaired) electrons. The van der Waals surface area contributed by atoms with Crippen LogP contribution in [0.25, 0.3) is 0 Å². The van der Waals surface area contributed by atoms with E-state index in [1.54, 1.807) is 0 Å². The van der Waals surface area contributed by atoms with Gasteiger partial charge >= 0.3 is 0 Å². The van der Waals surface area contributed by atoms with Gasteiger partial charge in [-0.1, -0.05) is 41.1 Å². The minimum absolute atomic E-state index is 0.951. The highest BCUT2D eigenvalue weighted by Crippen LogP contribution is 2.12. The molecule has 0 bridgehead atoms. The molecule has 0 fully saturated rings. The highest BCUT2D eigenvalue weighted by atomic mass is 79.9. The minimum atomic E-state index is 0.951. The first kappa shape index (κ1) is 11.5. The smallest absolute Gasteiger partial charge is 0.0236 e. The van der Waals surface area contributed by atoms with E-state index < -0.39 is 0 Å². The number of hydrogen-bond acceptors (Lipinski definition) is 1. The fourth-order valence-corrected chi connectivity index (χ4v) is 1.60. The molecule has 0 unspecified atom stereocenters. The zero-order chi connectivity index (χ0) is 10.4. The Labute approximate surface area is 94.6 Å². The van der Waals surface area contributed by atoms with Gasteiger partial charge in [-0.3, -0.25) is 4.90 Å². The van der Waals surface area contributed by atoms with Gasteiger partial charge in [-0.05, 0) is 24.2 Å². The Balaban J connectivity index is 2.57. The Morgan fingerprint density at radius 1 is 1.36 bits per heavy atom. The molecule has 0 N–H and O–H groups in total. The second-order valence-corrected chi connectivity index (χ2v) is 4.16. The second kappa shape index (κ2) is 5.99. The molecule has 0 aromatic heterocycles. The van der Waals surface area contributed by atoms with Gasteiger partial charge in [0.15, 0.2) is 0 Å². The van der Waals surface area contributed by atoms with Crippen molar-refractivity contribution < 1.29 is 0 Å². The molecule has 0 heterocycles. The maximum absolute atomic E-state index is 3.76. The SMILES string of the molecule is C=CCN(CC)Cc1ccc(Br)cc1. The predicted octanol–water partition coefficient (Wildman–Crippen LogP) is 3.46. The Morgan fingerprint density at radius 3 is 2.50 bits per heavy atom. The minimum Gasteiger partial charge on any atom is -0.296 e. The largest absolute Gasteiger partial charge is 0.296 e. The van der Waals surface area contributed by atoms with Crippen LogP contribution in [0.5, 0.6) is 0 Å². The fourth-order valence-electron chi connectivity index (χ4n) is 1.34. The number of rotatable bonds is 5. The summed E-state index contributed by atoms with van der Waals surface area (Å²) in [6.07, 6.45) is 1.95. The number of likely N-dealkylation sites (N-methyl/N-ethyl adjacent to an activating group) is 1. The first-order valence-corrected chi connectivity index (χ1v) is 5.63. The van der Waals surface area contributed by atoms with E-state index in [1.807, 2.05) is 6.08 Å². The first-order valence-electron chi connectivity index (χ1n) is 4.84. The molecule has 0 saturated carbocycles. The van der Waals surface area contributed by atoms with Crippen molar-refractivity contribution in [1.29, 1.82) is 0 Å². The Morgan fingerprint density at radius 2 is 2.00 bits per heavy atom. The lowest BCUT2D eigenvalue weighted by Gasteiger charge is -2.18. The average molecular weight is 254 g/mol. The van der Waals surface area contributed by atoms with Crippen molar-refractivity contribution in [2.45, 2.75) is 13.5 Å². The molecule has 0 saturated heterocycles. The van der Waals surface area contributed by atoms with Crippen molar-refractivity contribution in [3.05, 3.63) is 47.0 Å². The quantitative estimate of drug-likeness (QED) is 0.727. The van der Waals surface area contributed by atoms with E-state index in [4.69, 9.17) is 0 Å². The van der Waals surface area contributed by atoms with Crippen LogP contribution in [-0.2, 0) is 6.54 Å². The lowest BCUT2D eigenvalue weighted by Crippen LogP contribution is -2.22. The van der Waals surface area contributed by atoms with Gasteiger partial charge in [-0.15, -0.1) is 6.58 Å². The summed E-state index contributed by atoms with van der Waals surface area (Å²) in [6, 6.07) is 8.46. The Kier molecular flexibility index (Phi) is 4.91. The van der Waals surface area contributed by atoms with Crippen LogP contribution >= 0.6 is 15.9 Å². The average Bonchev–Trinajstić information content (AvgIpc) is 2.20. The van der Waals surface area contributed by atoms with Crippen molar-refractivity contribution in [3.8, 4) is 0 Å². The van der Waals surface area contributed by atoms with Gasteiger partial charge in [-0.25, -0.2) is 0 Å². The molecule has 76 valence electrons. The first-order chi connectivity index (χ1) is 6.76. The standard InChI is InChI=1S/C12H16BrN/c1-3-9-14(4-2)10-11-5-7-12(13)8-6-11/h3,5-8H,1,4,9-10H2,2H3. The van der Waals surface area contributed by atoms with E-state index in [0.29, 0.717) is 0 Å². The Bertz CT molecular complexity index is 279. The van der Waals surface area contributed by atoms with Gasteiger partial charge in [0.1, 0.15) is 0 Å². The highest BCUT2D eigenvalue weighted by Gasteiger charge is 2.00. The van der Waals surface area contributed by atoms with Gasteiger partial charge in [0.05, 0.1) is 0 Å².